The molecule has 0 aliphatic rings. The summed E-state index contributed by atoms with van der Waals surface area (Å²) >= 11 is 9.26. The molecule has 0 bridgehead atoms. The summed E-state index contributed by atoms with van der Waals surface area (Å²) < 4.78 is 30.3. The lowest BCUT2D eigenvalue weighted by molar-refractivity contribution is -0.118. The summed E-state index contributed by atoms with van der Waals surface area (Å²) in [6.45, 7) is 0.111. The van der Waals surface area contributed by atoms with E-state index in [0.717, 1.165) is 16.3 Å². The van der Waals surface area contributed by atoms with E-state index in [9.17, 15) is 13.2 Å². The van der Waals surface area contributed by atoms with Gasteiger partial charge in [-0.05, 0) is 51.8 Å². The van der Waals surface area contributed by atoms with Gasteiger partial charge in [0.15, 0.2) is 6.61 Å². The predicted molar refractivity (Wildman–Crippen MR) is 106 cm³/mol. The fourth-order valence-corrected chi connectivity index (χ4v) is 2.80. The van der Waals surface area contributed by atoms with Crippen molar-refractivity contribution in [2.24, 2.45) is 0 Å². The Hall–Kier alpha value is -1.61. The molecule has 1 amide bonds. The van der Waals surface area contributed by atoms with Crippen molar-refractivity contribution in [1.29, 1.82) is 0 Å². The standard InChI is InChI=1S/C17H18BrClN2O4S/c1-21(26(2,23)24)10-12-3-6-14(7-4-12)25-11-17(22)20-13-5-8-15(18)16(19)9-13/h3-9H,10-11H2,1-2H3,(H,20,22). The smallest absolute Gasteiger partial charge is 0.262 e. The molecule has 140 valence electrons. The van der Waals surface area contributed by atoms with E-state index in [1.54, 1.807) is 42.5 Å². The Kier molecular flexibility index (Phi) is 7.05. The Morgan fingerprint density at radius 1 is 1.23 bits per heavy atom. The molecule has 6 nitrogen and oxygen atoms in total. The molecule has 0 spiro atoms. The van der Waals surface area contributed by atoms with Crippen LogP contribution in [-0.2, 0) is 21.4 Å². The molecule has 0 unspecified atom stereocenters. The van der Waals surface area contributed by atoms with Crippen LogP contribution in [0.4, 0.5) is 5.69 Å². The summed E-state index contributed by atoms with van der Waals surface area (Å²) in [6, 6.07) is 12.0. The quantitative estimate of drug-likeness (QED) is 0.684. The molecule has 2 aromatic carbocycles. The average Bonchev–Trinajstić information content (AvgIpc) is 2.57. The molecule has 0 aliphatic carbocycles. The van der Waals surface area contributed by atoms with Gasteiger partial charge in [0.05, 0.1) is 11.3 Å². The van der Waals surface area contributed by atoms with Gasteiger partial charge in [-0.1, -0.05) is 23.7 Å². The Balaban J connectivity index is 1.87. The van der Waals surface area contributed by atoms with Crippen LogP contribution in [0.25, 0.3) is 0 Å². The highest BCUT2D eigenvalue weighted by atomic mass is 79.9. The molecule has 0 fully saturated rings. The number of hydrogen-bond acceptors (Lipinski definition) is 4. The molecule has 0 heterocycles. The average molecular weight is 462 g/mol. The van der Waals surface area contributed by atoms with Gasteiger partial charge in [-0.3, -0.25) is 4.79 Å². The number of carbonyl (C=O) groups is 1. The van der Waals surface area contributed by atoms with Crippen LogP contribution in [0, 0.1) is 0 Å². The second-order valence-electron chi connectivity index (χ2n) is 5.63. The van der Waals surface area contributed by atoms with Gasteiger partial charge in [-0.2, -0.15) is 0 Å². The van der Waals surface area contributed by atoms with Crippen molar-refractivity contribution >= 4 is 49.1 Å². The van der Waals surface area contributed by atoms with Crippen LogP contribution < -0.4 is 10.1 Å². The maximum absolute atomic E-state index is 11.9. The van der Waals surface area contributed by atoms with Gasteiger partial charge in [-0.15, -0.1) is 0 Å². The Morgan fingerprint density at radius 3 is 2.46 bits per heavy atom. The number of anilines is 1. The minimum absolute atomic E-state index is 0.156. The van der Waals surface area contributed by atoms with Gasteiger partial charge in [-0.25, -0.2) is 12.7 Å². The molecular formula is C17H18BrClN2O4S. The Labute approximate surface area is 166 Å². The largest absolute Gasteiger partial charge is 0.484 e. The predicted octanol–water partition coefficient (Wildman–Crippen LogP) is 3.51. The van der Waals surface area contributed by atoms with E-state index in [2.05, 4.69) is 21.2 Å². The van der Waals surface area contributed by atoms with Crippen molar-refractivity contribution in [3.05, 3.63) is 57.5 Å². The Bertz CT molecular complexity index is 888. The van der Waals surface area contributed by atoms with Crippen molar-refractivity contribution in [3.8, 4) is 5.75 Å². The molecular weight excluding hydrogens is 444 g/mol. The molecule has 0 atom stereocenters. The lowest BCUT2D eigenvalue weighted by Gasteiger charge is -2.14. The van der Waals surface area contributed by atoms with E-state index >= 15 is 0 Å². The first-order valence-electron chi connectivity index (χ1n) is 7.53. The number of benzene rings is 2. The molecule has 2 rings (SSSR count). The molecule has 0 aromatic heterocycles. The van der Waals surface area contributed by atoms with Crippen molar-refractivity contribution in [2.45, 2.75) is 6.54 Å². The summed E-state index contributed by atoms with van der Waals surface area (Å²) in [5.41, 5.74) is 1.39. The topological polar surface area (TPSA) is 75.7 Å². The van der Waals surface area contributed by atoms with Gasteiger partial charge in [0.25, 0.3) is 5.91 Å². The summed E-state index contributed by atoms with van der Waals surface area (Å²) in [7, 11) is -1.72. The van der Waals surface area contributed by atoms with Crippen molar-refractivity contribution < 1.29 is 17.9 Å². The SMILES string of the molecule is CN(Cc1ccc(OCC(=O)Nc2ccc(Br)c(Cl)c2)cc1)S(C)(=O)=O. The molecule has 1 N–H and O–H groups in total. The lowest BCUT2D eigenvalue weighted by atomic mass is 10.2. The number of sulfonamides is 1. The Morgan fingerprint density at radius 2 is 1.88 bits per heavy atom. The maximum atomic E-state index is 11.9. The minimum Gasteiger partial charge on any atom is -0.484 e. The zero-order valence-electron chi connectivity index (χ0n) is 14.2. The van der Waals surface area contributed by atoms with E-state index in [1.165, 1.54) is 11.4 Å². The first kappa shape index (κ1) is 20.7. The summed E-state index contributed by atoms with van der Waals surface area (Å²) in [4.78, 5) is 11.9. The number of nitrogens with zero attached hydrogens (tertiary/aromatic N) is 1. The third-order valence-corrected chi connectivity index (χ3v) is 5.96. The normalized spacial score (nSPS) is 11.4. The number of carbonyl (C=O) groups excluding carboxylic acids is 1. The summed E-state index contributed by atoms with van der Waals surface area (Å²) in [5, 5.41) is 3.19. The number of ether oxygens (including phenoxy) is 1. The zero-order chi connectivity index (χ0) is 19.3. The fraction of sp³-hybridized carbons (Fsp3) is 0.235. The molecule has 26 heavy (non-hydrogen) atoms. The van der Waals surface area contributed by atoms with E-state index in [0.29, 0.717) is 16.5 Å². The van der Waals surface area contributed by atoms with Crippen LogP contribution in [0.5, 0.6) is 5.75 Å². The van der Waals surface area contributed by atoms with Gasteiger partial charge < -0.3 is 10.1 Å². The second kappa shape index (κ2) is 8.85. The van der Waals surface area contributed by atoms with Crippen molar-refractivity contribution in [1.82, 2.24) is 4.31 Å². The number of rotatable bonds is 7. The third kappa shape index (κ3) is 6.28. The molecule has 0 aliphatic heterocycles. The number of nitrogens with one attached hydrogen (secondary N) is 1. The number of hydrogen-bond donors (Lipinski definition) is 1. The number of halogens is 2. The highest BCUT2D eigenvalue weighted by Crippen LogP contribution is 2.25. The second-order valence-corrected chi connectivity index (χ2v) is 8.98. The minimum atomic E-state index is -3.23. The zero-order valence-corrected chi connectivity index (χ0v) is 17.4. The van der Waals surface area contributed by atoms with E-state index in [-0.39, 0.29) is 19.1 Å². The van der Waals surface area contributed by atoms with Crippen LogP contribution in [-0.4, -0.2) is 38.5 Å². The lowest BCUT2D eigenvalue weighted by Crippen LogP contribution is -2.24. The first-order valence-corrected chi connectivity index (χ1v) is 10.5. The van der Waals surface area contributed by atoms with E-state index in [1.807, 2.05) is 0 Å². The molecule has 2 aromatic rings. The number of amides is 1. The van der Waals surface area contributed by atoms with Gasteiger partial charge in [0, 0.05) is 23.8 Å². The van der Waals surface area contributed by atoms with E-state index in [4.69, 9.17) is 16.3 Å². The van der Waals surface area contributed by atoms with Crippen LogP contribution in [0.2, 0.25) is 5.02 Å². The molecule has 0 saturated carbocycles. The monoisotopic (exact) mass is 460 g/mol. The summed E-state index contributed by atoms with van der Waals surface area (Å²) in [5.74, 6) is 0.198. The third-order valence-electron chi connectivity index (χ3n) is 3.47. The van der Waals surface area contributed by atoms with Crippen LogP contribution in [0.15, 0.2) is 46.9 Å². The van der Waals surface area contributed by atoms with Crippen LogP contribution in [0.3, 0.4) is 0 Å². The first-order chi connectivity index (χ1) is 12.1. The van der Waals surface area contributed by atoms with Crippen LogP contribution in [0.1, 0.15) is 5.56 Å². The van der Waals surface area contributed by atoms with E-state index < -0.39 is 10.0 Å². The molecule has 0 radical (unpaired) electrons. The maximum Gasteiger partial charge on any atom is 0.262 e. The van der Waals surface area contributed by atoms with Crippen LogP contribution >= 0.6 is 27.5 Å². The molecule has 9 heteroatoms. The van der Waals surface area contributed by atoms with Crippen molar-refractivity contribution in [2.75, 3.05) is 25.2 Å². The highest BCUT2D eigenvalue weighted by molar-refractivity contribution is 9.10. The van der Waals surface area contributed by atoms with Crippen molar-refractivity contribution in [3.63, 3.8) is 0 Å². The van der Waals surface area contributed by atoms with Gasteiger partial charge in [0.2, 0.25) is 10.0 Å². The molecule has 0 saturated heterocycles. The van der Waals surface area contributed by atoms with Gasteiger partial charge >= 0.3 is 0 Å². The highest BCUT2D eigenvalue weighted by Gasteiger charge is 2.11. The van der Waals surface area contributed by atoms with Gasteiger partial charge in [0.1, 0.15) is 5.75 Å². The summed E-state index contributed by atoms with van der Waals surface area (Å²) in [6.07, 6.45) is 1.15. The fourth-order valence-electron chi connectivity index (χ4n) is 1.99.